The van der Waals surface area contributed by atoms with Gasteiger partial charge in [-0.2, -0.15) is 4.98 Å². The zero-order chi connectivity index (χ0) is 17.8. The number of fused-ring (bicyclic) bond motifs is 1. The van der Waals surface area contributed by atoms with Crippen LogP contribution in [0, 0.1) is 25.7 Å². The number of amides is 1. The summed E-state index contributed by atoms with van der Waals surface area (Å²) in [5.74, 6) is 1.00. The van der Waals surface area contributed by atoms with E-state index in [1.165, 1.54) is 32.1 Å². The smallest absolute Gasteiger partial charge is 0.291 e. The number of aromatic nitrogens is 4. The van der Waals surface area contributed by atoms with E-state index >= 15 is 0 Å². The number of aliphatic hydroxyl groups excluding tert-OH is 1. The van der Waals surface area contributed by atoms with Crippen LogP contribution in [0.1, 0.15) is 60.5 Å². The van der Waals surface area contributed by atoms with Crippen LogP contribution < -0.4 is 5.32 Å². The number of carbonyl (C=O) groups excluding carboxylic acids is 1. The molecule has 0 spiro atoms. The molecule has 136 valence electrons. The van der Waals surface area contributed by atoms with Gasteiger partial charge >= 0.3 is 0 Å². The highest BCUT2D eigenvalue weighted by atomic mass is 16.3. The fourth-order valence-electron chi connectivity index (χ4n) is 3.70. The molecule has 2 heterocycles. The summed E-state index contributed by atoms with van der Waals surface area (Å²) in [6.45, 7) is 4.34. The van der Waals surface area contributed by atoms with Gasteiger partial charge in [0, 0.05) is 24.5 Å². The van der Waals surface area contributed by atoms with Gasteiger partial charge in [0.1, 0.15) is 0 Å². The number of rotatable bonds is 6. The summed E-state index contributed by atoms with van der Waals surface area (Å²) < 4.78 is 1.58. The minimum absolute atomic E-state index is 0.0891. The van der Waals surface area contributed by atoms with Crippen molar-refractivity contribution in [3.63, 3.8) is 0 Å². The number of carbonyl (C=O) groups is 1. The first kappa shape index (κ1) is 17.8. The van der Waals surface area contributed by atoms with Crippen LogP contribution in [0.4, 0.5) is 0 Å². The van der Waals surface area contributed by atoms with Gasteiger partial charge in [-0.15, -0.1) is 5.10 Å². The SMILES string of the molecule is Cc1cc(C)n2nc(C(=O)NCC(CO)CC3CCCCC3)nc2n1. The van der Waals surface area contributed by atoms with E-state index in [4.69, 9.17) is 0 Å². The van der Waals surface area contributed by atoms with Crippen LogP contribution in [0.2, 0.25) is 0 Å². The second-order valence-corrected chi connectivity index (χ2v) is 7.18. The highest BCUT2D eigenvalue weighted by Crippen LogP contribution is 2.28. The van der Waals surface area contributed by atoms with E-state index in [9.17, 15) is 9.90 Å². The molecule has 1 unspecified atom stereocenters. The number of aryl methyl sites for hydroxylation is 2. The van der Waals surface area contributed by atoms with Crippen LogP contribution >= 0.6 is 0 Å². The number of nitrogens with one attached hydrogen (secondary N) is 1. The quantitative estimate of drug-likeness (QED) is 0.836. The maximum atomic E-state index is 12.4. The third-order valence-corrected chi connectivity index (χ3v) is 5.02. The van der Waals surface area contributed by atoms with Crippen molar-refractivity contribution >= 4 is 11.7 Å². The average molecular weight is 345 g/mol. The molecule has 0 aromatic carbocycles. The molecule has 7 nitrogen and oxygen atoms in total. The third kappa shape index (κ3) is 4.34. The van der Waals surface area contributed by atoms with E-state index in [0.29, 0.717) is 18.2 Å². The molecular weight excluding hydrogens is 318 g/mol. The molecule has 0 bridgehead atoms. The van der Waals surface area contributed by atoms with Crippen molar-refractivity contribution in [1.29, 1.82) is 0 Å². The Morgan fingerprint density at radius 1 is 1.32 bits per heavy atom. The van der Waals surface area contributed by atoms with Gasteiger partial charge in [-0.3, -0.25) is 4.79 Å². The second kappa shape index (κ2) is 7.91. The molecule has 3 rings (SSSR count). The molecular formula is C18H27N5O2. The normalized spacial score (nSPS) is 16.9. The lowest BCUT2D eigenvalue weighted by atomic mass is 9.83. The van der Waals surface area contributed by atoms with Crippen molar-refractivity contribution in [3.05, 3.63) is 23.3 Å². The first-order chi connectivity index (χ1) is 12.1. The summed E-state index contributed by atoms with van der Waals surface area (Å²) >= 11 is 0. The van der Waals surface area contributed by atoms with Crippen LogP contribution in [0.15, 0.2) is 6.07 Å². The second-order valence-electron chi connectivity index (χ2n) is 7.18. The van der Waals surface area contributed by atoms with E-state index in [2.05, 4.69) is 20.4 Å². The van der Waals surface area contributed by atoms with Gasteiger partial charge in [-0.1, -0.05) is 32.1 Å². The van der Waals surface area contributed by atoms with E-state index in [0.717, 1.165) is 17.8 Å². The molecule has 1 saturated carbocycles. The molecule has 25 heavy (non-hydrogen) atoms. The average Bonchev–Trinajstić information content (AvgIpc) is 3.03. The molecule has 7 heteroatoms. The van der Waals surface area contributed by atoms with E-state index in [1.807, 2.05) is 19.9 Å². The molecule has 2 aromatic heterocycles. The molecule has 2 aromatic rings. The summed E-state index contributed by atoms with van der Waals surface area (Å²) in [6.07, 6.45) is 7.34. The predicted octanol–water partition coefficient (Wildman–Crippen LogP) is 2.05. The summed E-state index contributed by atoms with van der Waals surface area (Å²) in [7, 11) is 0. The van der Waals surface area contributed by atoms with Gasteiger partial charge in [-0.25, -0.2) is 9.50 Å². The molecule has 0 radical (unpaired) electrons. The summed E-state index contributed by atoms with van der Waals surface area (Å²) in [5.41, 5.74) is 1.73. The first-order valence-corrected chi connectivity index (χ1v) is 9.17. The Kier molecular flexibility index (Phi) is 5.63. The Morgan fingerprint density at radius 3 is 2.80 bits per heavy atom. The number of hydrogen-bond donors (Lipinski definition) is 2. The summed E-state index contributed by atoms with van der Waals surface area (Å²) in [6, 6.07) is 1.90. The topological polar surface area (TPSA) is 92.4 Å². The summed E-state index contributed by atoms with van der Waals surface area (Å²) in [5, 5.41) is 16.7. The maximum absolute atomic E-state index is 12.4. The molecule has 1 aliphatic rings. The molecule has 1 atom stereocenters. The molecule has 0 aliphatic heterocycles. The Morgan fingerprint density at radius 2 is 2.08 bits per heavy atom. The fourth-order valence-corrected chi connectivity index (χ4v) is 3.70. The van der Waals surface area contributed by atoms with Crippen LogP contribution in [-0.4, -0.2) is 43.7 Å². The van der Waals surface area contributed by atoms with Crippen molar-refractivity contribution in [3.8, 4) is 0 Å². The Bertz CT molecular complexity index is 736. The van der Waals surface area contributed by atoms with Gasteiger partial charge in [0.25, 0.3) is 11.7 Å². The van der Waals surface area contributed by atoms with Crippen LogP contribution in [0.5, 0.6) is 0 Å². The molecule has 0 saturated heterocycles. The number of hydrogen-bond acceptors (Lipinski definition) is 5. The van der Waals surface area contributed by atoms with Gasteiger partial charge in [0.15, 0.2) is 0 Å². The zero-order valence-corrected chi connectivity index (χ0v) is 15.0. The molecule has 1 amide bonds. The lowest BCUT2D eigenvalue weighted by Gasteiger charge is -2.25. The van der Waals surface area contributed by atoms with E-state index < -0.39 is 0 Å². The highest BCUT2D eigenvalue weighted by molar-refractivity contribution is 5.90. The van der Waals surface area contributed by atoms with Crippen molar-refractivity contribution < 1.29 is 9.90 Å². The first-order valence-electron chi connectivity index (χ1n) is 9.17. The Balaban J connectivity index is 1.60. The van der Waals surface area contributed by atoms with Gasteiger partial charge in [-0.05, 0) is 38.2 Å². The minimum Gasteiger partial charge on any atom is -0.396 e. The number of nitrogens with zero attached hydrogens (tertiary/aromatic N) is 4. The van der Waals surface area contributed by atoms with Crippen molar-refractivity contribution in [2.75, 3.05) is 13.2 Å². The van der Waals surface area contributed by atoms with Gasteiger partial charge < -0.3 is 10.4 Å². The van der Waals surface area contributed by atoms with Gasteiger partial charge in [0.2, 0.25) is 5.82 Å². The van der Waals surface area contributed by atoms with E-state index in [-0.39, 0.29) is 24.3 Å². The molecule has 1 fully saturated rings. The fraction of sp³-hybridized carbons (Fsp3) is 0.667. The van der Waals surface area contributed by atoms with Crippen molar-refractivity contribution in [2.24, 2.45) is 11.8 Å². The monoisotopic (exact) mass is 345 g/mol. The standard InChI is InChI=1S/C18H27N5O2/c1-12-8-13(2)23-18(20-12)21-16(22-23)17(25)19-10-15(11-24)9-14-6-4-3-5-7-14/h8,14-15,24H,3-7,9-11H2,1-2H3,(H,19,25). The molecule has 1 aliphatic carbocycles. The lowest BCUT2D eigenvalue weighted by Crippen LogP contribution is -2.32. The Labute approximate surface area is 147 Å². The summed E-state index contributed by atoms with van der Waals surface area (Å²) in [4.78, 5) is 20.9. The molecule has 2 N–H and O–H groups in total. The van der Waals surface area contributed by atoms with Crippen molar-refractivity contribution in [1.82, 2.24) is 24.9 Å². The van der Waals surface area contributed by atoms with Crippen LogP contribution in [-0.2, 0) is 0 Å². The largest absolute Gasteiger partial charge is 0.396 e. The van der Waals surface area contributed by atoms with Crippen LogP contribution in [0.3, 0.4) is 0 Å². The van der Waals surface area contributed by atoms with Gasteiger partial charge in [0.05, 0.1) is 0 Å². The van der Waals surface area contributed by atoms with Crippen LogP contribution in [0.25, 0.3) is 5.78 Å². The zero-order valence-electron chi connectivity index (χ0n) is 15.0. The number of aliphatic hydroxyl groups is 1. The Hall–Kier alpha value is -2.02. The predicted molar refractivity (Wildman–Crippen MR) is 94.4 cm³/mol. The highest BCUT2D eigenvalue weighted by Gasteiger charge is 2.20. The lowest BCUT2D eigenvalue weighted by molar-refractivity contribution is 0.0922. The third-order valence-electron chi connectivity index (χ3n) is 5.02. The maximum Gasteiger partial charge on any atom is 0.291 e. The van der Waals surface area contributed by atoms with E-state index in [1.54, 1.807) is 4.52 Å². The minimum atomic E-state index is -0.315. The van der Waals surface area contributed by atoms with Crippen molar-refractivity contribution in [2.45, 2.75) is 52.4 Å².